The lowest BCUT2D eigenvalue weighted by molar-refractivity contribution is -0.119. The van der Waals surface area contributed by atoms with Gasteiger partial charge in [0, 0.05) is 6.04 Å². The Morgan fingerprint density at radius 2 is 1.68 bits per heavy atom. The van der Waals surface area contributed by atoms with Gasteiger partial charge in [0.05, 0.1) is 11.1 Å². The highest BCUT2D eigenvalue weighted by Gasteiger charge is 2.58. The number of amides is 2. The van der Waals surface area contributed by atoms with E-state index >= 15 is 0 Å². The maximum Gasteiger partial charge on any atom is 0.261 e. The normalized spacial score (nSPS) is 35.6. The van der Waals surface area contributed by atoms with Gasteiger partial charge in [-0.1, -0.05) is 72.9 Å². The van der Waals surface area contributed by atoms with Crippen LogP contribution in [0.3, 0.4) is 0 Å². The Labute approximate surface area is 189 Å². The molecule has 1 aromatic carbocycles. The molecule has 3 nitrogen and oxygen atoms in total. The topological polar surface area (TPSA) is 37.4 Å². The summed E-state index contributed by atoms with van der Waals surface area (Å²) in [5.41, 5.74) is 1.72. The van der Waals surface area contributed by atoms with Crippen molar-refractivity contribution in [3.8, 4) is 0 Å². The maximum absolute atomic E-state index is 13.4. The van der Waals surface area contributed by atoms with Gasteiger partial charge in [-0.25, -0.2) is 0 Å². The van der Waals surface area contributed by atoms with Crippen molar-refractivity contribution in [1.82, 2.24) is 4.90 Å². The van der Waals surface area contributed by atoms with Crippen molar-refractivity contribution in [2.24, 2.45) is 34.5 Å². The second-order valence-corrected chi connectivity index (χ2v) is 11.8. The first kappa shape index (κ1) is 22.6. The van der Waals surface area contributed by atoms with Gasteiger partial charge in [-0.3, -0.25) is 14.5 Å². The van der Waals surface area contributed by atoms with Crippen LogP contribution >= 0.6 is 0 Å². The van der Waals surface area contributed by atoms with Gasteiger partial charge >= 0.3 is 0 Å². The predicted molar refractivity (Wildman–Crippen MR) is 126 cm³/mol. The predicted octanol–water partition coefficient (Wildman–Crippen LogP) is 6.97. The molecule has 31 heavy (non-hydrogen) atoms. The lowest BCUT2D eigenvalue weighted by Gasteiger charge is -2.62. The molecule has 3 aliphatic rings. The van der Waals surface area contributed by atoms with E-state index < -0.39 is 0 Å². The molecule has 170 valence electrons. The highest BCUT2D eigenvalue weighted by molar-refractivity contribution is 6.21. The van der Waals surface area contributed by atoms with Gasteiger partial charge in [-0.15, -0.1) is 0 Å². The molecule has 2 aliphatic carbocycles. The zero-order valence-electron chi connectivity index (χ0n) is 20.4. The Hall–Kier alpha value is -1.64. The minimum Gasteiger partial charge on any atom is -0.271 e. The van der Waals surface area contributed by atoms with Crippen LogP contribution in [-0.4, -0.2) is 22.8 Å². The summed E-state index contributed by atoms with van der Waals surface area (Å²) in [7, 11) is 0. The summed E-state index contributed by atoms with van der Waals surface area (Å²) in [4.78, 5) is 28.4. The van der Waals surface area contributed by atoms with Crippen LogP contribution in [0.1, 0.15) is 107 Å². The molecule has 0 saturated heterocycles. The number of hydrogen-bond donors (Lipinski definition) is 0. The third kappa shape index (κ3) is 3.56. The van der Waals surface area contributed by atoms with Crippen LogP contribution in [0.15, 0.2) is 24.3 Å². The van der Waals surface area contributed by atoms with Gasteiger partial charge in [0.1, 0.15) is 0 Å². The number of fused-ring (bicyclic) bond motifs is 2. The Balaban J connectivity index is 1.71. The number of carbonyl (C=O) groups is 2. The number of benzene rings is 1. The van der Waals surface area contributed by atoms with Gasteiger partial charge < -0.3 is 0 Å². The van der Waals surface area contributed by atoms with Crippen molar-refractivity contribution >= 4 is 11.8 Å². The van der Waals surface area contributed by atoms with Crippen LogP contribution in [0.2, 0.25) is 0 Å². The Kier molecular flexibility index (Phi) is 5.85. The summed E-state index contributed by atoms with van der Waals surface area (Å²) in [5, 5.41) is 0. The van der Waals surface area contributed by atoms with Gasteiger partial charge in [0.2, 0.25) is 0 Å². The van der Waals surface area contributed by atoms with Crippen molar-refractivity contribution in [3.63, 3.8) is 0 Å². The first-order chi connectivity index (χ1) is 14.6. The van der Waals surface area contributed by atoms with Gasteiger partial charge in [-0.2, -0.15) is 0 Å². The van der Waals surface area contributed by atoms with E-state index in [1.165, 1.54) is 38.5 Å². The first-order valence-electron chi connectivity index (χ1n) is 12.6. The number of hydrogen-bond acceptors (Lipinski definition) is 2. The van der Waals surface area contributed by atoms with E-state index in [-0.39, 0.29) is 23.3 Å². The summed E-state index contributed by atoms with van der Waals surface area (Å²) < 4.78 is 0. The van der Waals surface area contributed by atoms with E-state index in [1.807, 2.05) is 24.3 Å². The second kappa shape index (κ2) is 8.05. The van der Waals surface area contributed by atoms with Gasteiger partial charge in [-0.05, 0) is 72.3 Å². The zero-order valence-corrected chi connectivity index (χ0v) is 20.4. The van der Waals surface area contributed by atoms with E-state index in [0.717, 1.165) is 12.3 Å². The van der Waals surface area contributed by atoms with Crippen LogP contribution in [0.4, 0.5) is 0 Å². The molecule has 1 heterocycles. The molecule has 1 aromatic rings. The molecule has 1 aliphatic heterocycles. The van der Waals surface area contributed by atoms with Crippen molar-refractivity contribution in [1.29, 1.82) is 0 Å². The summed E-state index contributed by atoms with van der Waals surface area (Å²) in [5.74, 6) is 2.01. The smallest absolute Gasteiger partial charge is 0.261 e. The zero-order chi connectivity index (χ0) is 22.6. The third-order valence-corrected chi connectivity index (χ3v) is 9.67. The highest BCUT2D eigenvalue weighted by Crippen LogP contribution is 2.63. The molecule has 2 saturated carbocycles. The number of carbonyl (C=O) groups excluding carboxylic acids is 2. The van der Waals surface area contributed by atoms with Gasteiger partial charge in [0.15, 0.2) is 0 Å². The highest BCUT2D eigenvalue weighted by atomic mass is 16.2. The second-order valence-electron chi connectivity index (χ2n) is 11.8. The molecule has 2 amide bonds. The molecule has 6 atom stereocenters. The van der Waals surface area contributed by atoms with Crippen LogP contribution < -0.4 is 0 Å². The molecule has 0 radical (unpaired) electrons. The minimum atomic E-state index is -0.0738. The van der Waals surface area contributed by atoms with Crippen molar-refractivity contribution in [2.45, 2.75) is 92.5 Å². The summed E-state index contributed by atoms with van der Waals surface area (Å²) in [6, 6.07) is 7.38. The van der Waals surface area contributed by atoms with Crippen LogP contribution in [0, 0.1) is 34.5 Å². The standard InChI is InChI=1S/C28H41NO2/c1-7-18(2)13-14-22-19(3)23(17-24-27(4,5)15-10-16-28(22,24)6)29-25(30)20-11-8-9-12-21(20)26(29)31/h8-9,11-12,18-19,22-24H,7,10,13-17H2,1-6H3/t18-,19-,22+,23?,24+,28-/m1/s1. The first-order valence-corrected chi connectivity index (χ1v) is 12.6. The number of imide groups is 1. The number of rotatable bonds is 5. The minimum absolute atomic E-state index is 0.00443. The van der Waals surface area contributed by atoms with E-state index in [1.54, 1.807) is 4.90 Å². The fraction of sp³-hybridized carbons (Fsp3) is 0.714. The van der Waals surface area contributed by atoms with Crippen LogP contribution in [0.25, 0.3) is 0 Å². The Morgan fingerprint density at radius 1 is 1.06 bits per heavy atom. The van der Waals surface area contributed by atoms with E-state index in [9.17, 15) is 9.59 Å². The van der Waals surface area contributed by atoms with Gasteiger partial charge in [0.25, 0.3) is 11.8 Å². The SMILES string of the molecule is CC[C@@H](C)CC[C@H]1[C@@H](C)C(N2C(=O)c3ccccc3C2=O)C[C@H]2C(C)(C)CCC[C@]12C. The maximum atomic E-state index is 13.4. The van der Waals surface area contributed by atoms with Crippen molar-refractivity contribution in [3.05, 3.63) is 35.4 Å². The fourth-order valence-electron chi connectivity index (χ4n) is 7.63. The Bertz CT molecular complexity index is 823. The number of nitrogens with zero attached hydrogens (tertiary/aromatic N) is 1. The monoisotopic (exact) mass is 423 g/mol. The van der Waals surface area contributed by atoms with Crippen LogP contribution in [-0.2, 0) is 0 Å². The third-order valence-electron chi connectivity index (χ3n) is 9.67. The summed E-state index contributed by atoms with van der Waals surface area (Å²) in [6.45, 7) is 14.4. The largest absolute Gasteiger partial charge is 0.271 e. The molecule has 4 rings (SSSR count). The Morgan fingerprint density at radius 3 is 2.26 bits per heavy atom. The molecule has 0 N–H and O–H groups in total. The van der Waals surface area contributed by atoms with E-state index in [4.69, 9.17) is 0 Å². The molecule has 2 fully saturated rings. The molecule has 0 spiro atoms. The van der Waals surface area contributed by atoms with Crippen molar-refractivity contribution in [2.75, 3.05) is 0 Å². The summed E-state index contributed by atoms with van der Waals surface area (Å²) in [6.07, 6.45) is 8.44. The quantitative estimate of drug-likeness (QED) is 0.480. The molecular formula is C28H41NO2. The van der Waals surface area contributed by atoms with Crippen molar-refractivity contribution < 1.29 is 9.59 Å². The molecule has 0 bridgehead atoms. The summed E-state index contributed by atoms with van der Waals surface area (Å²) >= 11 is 0. The lowest BCUT2D eigenvalue weighted by Crippen LogP contribution is -2.59. The fourth-order valence-corrected chi connectivity index (χ4v) is 7.63. The lowest BCUT2D eigenvalue weighted by atomic mass is 9.45. The van der Waals surface area contributed by atoms with Crippen LogP contribution in [0.5, 0.6) is 0 Å². The molecular weight excluding hydrogens is 382 g/mol. The molecule has 3 heteroatoms. The average Bonchev–Trinajstić information content (AvgIpc) is 2.97. The van der Waals surface area contributed by atoms with E-state index in [0.29, 0.717) is 34.3 Å². The molecule has 1 unspecified atom stereocenters. The van der Waals surface area contributed by atoms with E-state index in [2.05, 4.69) is 41.5 Å². The molecule has 0 aromatic heterocycles. The average molecular weight is 424 g/mol.